The molecule has 0 unspecified atom stereocenters. The van der Waals surface area contributed by atoms with Gasteiger partial charge < -0.3 is 0 Å². The molecule has 0 radical (unpaired) electrons. The molecule has 0 N–H and O–H groups in total. The summed E-state index contributed by atoms with van der Waals surface area (Å²) < 4.78 is 1.81. The molecule has 0 aromatic rings. The van der Waals surface area contributed by atoms with E-state index < -0.39 is 0 Å². The van der Waals surface area contributed by atoms with Gasteiger partial charge in [0.15, 0.2) is 7.05 Å². The lowest BCUT2D eigenvalue weighted by Gasteiger charge is -2.04. The Morgan fingerprint density at radius 3 is 1.74 bits per heavy atom. The summed E-state index contributed by atoms with van der Waals surface area (Å²) in [6.45, 7) is 15.5. The molecule has 0 atom stereocenters. The van der Waals surface area contributed by atoms with Gasteiger partial charge in [0.05, 0.1) is 5.57 Å². The second-order valence-electron chi connectivity index (χ2n) is 4.09. The Kier molecular flexibility index (Phi) is 7.79. The average Bonchev–Trinajstić information content (AvgIpc) is 2.29. The van der Waals surface area contributed by atoms with Crippen molar-refractivity contribution >= 4 is 36.7 Å². The van der Waals surface area contributed by atoms with Crippen molar-refractivity contribution in [2.75, 3.05) is 7.05 Å². The van der Waals surface area contributed by atoms with Gasteiger partial charge in [-0.2, -0.15) is 0 Å². The van der Waals surface area contributed by atoms with Crippen molar-refractivity contribution in [1.29, 1.82) is 0 Å². The summed E-state index contributed by atoms with van der Waals surface area (Å²) in [5, 5.41) is 4.54. The Morgan fingerprint density at radius 2 is 1.42 bits per heavy atom. The monoisotopic (exact) mass is 295 g/mol. The summed E-state index contributed by atoms with van der Waals surface area (Å²) in [7, 11) is 1.90. The first-order valence-electron chi connectivity index (χ1n) is 5.98. The summed E-state index contributed by atoms with van der Waals surface area (Å²) in [5.74, 6) is 0. The van der Waals surface area contributed by atoms with Gasteiger partial charge in [-0.1, -0.05) is 30.0 Å². The van der Waals surface area contributed by atoms with E-state index in [4.69, 9.17) is 0 Å². The molecule has 0 aliphatic carbocycles. The second-order valence-corrected chi connectivity index (χ2v) is 5.17. The van der Waals surface area contributed by atoms with Crippen LogP contribution in [0.25, 0.3) is 0 Å². The van der Waals surface area contributed by atoms with Crippen LogP contribution in [0.4, 0.5) is 0 Å². The molecule has 0 fully saturated rings. The Bertz CT molecular complexity index is 506. The molecule has 0 aliphatic rings. The number of allylic oxidation sites excluding steroid dienone is 4. The van der Waals surface area contributed by atoms with Crippen LogP contribution in [0.5, 0.6) is 0 Å². The third-order valence-corrected chi connectivity index (χ3v) is 3.25. The van der Waals surface area contributed by atoms with E-state index >= 15 is 0 Å². The molecule has 0 aliphatic heterocycles. The van der Waals surface area contributed by atoms with Gasteiger partial charge in [0, 0.05) is 22.3 Å². The first-order chi connectivity index (χ1) is 8.76. The van der Waals surface area contributed by atoms with Crippen LogP contribution in [0, 0.1) is 0 Å². The van der Waals surface area contributed by atoms with Crippen LogP contribution in [0.1, 0.15) is 27.7 Å². The first kappa shape index (κ1) is 18.0. The fraction of sp³-hybridized carbons (Fsp3) is 0.333. The Balaban J connectivity index is 5.61. The molecule has 0 spiro atoms. The van der Waals surface area contributed by atoms with E-state index in [9.17, 15) is 0 Å². The second kappa shape index (κ2) is 8.23. The number of hydrogen-bond acceptors (Lipinski definition) is 3. The van der Waals surface area contributed by atoms with Crippen molar-refractivity contribution < 1.29 is 4.68 Å². The molecule has 0 aromatic carbocycles. The molecule has 4 heteroatoms. The Morgan fingerprint density at radius 1 is 1.00 bits per heavy atom. The number of hydrazone groups is 1. The van der Waals surface area contributed by atoms with Crippen molar-refractivity contribution in [1.82, 2.24) is 0 Å². The minimum atomic E-state index is 0.708. The molecular weight excluding hydrogens is 272 g/mol. The van der Waals surface area contributed by atoms with Crippen LogP contribution in [0.2, 0.25) is 0 Å². The van der Waals surface area contributed by atoms with Crippen LogP contribution in [-0.2, 0) is 0 Å². The van der Waals surface area contributed by atoms with Crippen LogP contribution in [0.15, 0.2) is 51.4 Å². The van der Waals surface area contributed by atoms with Crippen molar-refractivity contribution in [3.63, 3.8) is 0 Å². The van der Waals surface area contributed by atoms with Gasteiger partial charge >= 0.3 is 0 Å². The zero-order valence-corrected chi connectivity index (χ0v) is 14.1. The minimum absolute atomic E-state index is 0.708. The lowest BCUT2D eigenvalue weighted by atomic mass is 10.1. The SMILES string of the molecule is C=C(S)C(=C\C)/C(C)=N/[N+](C)=C(C)/C(=C/C)C(=C)S. The summed E-state index contributed by atoms with van der Waals surface area (Å²) in [4.78, 5) is 1.43. The molecule has 2 nitrogen and oxygen atoms in total. The quantitative estimate of drug-likeness (QED) is 0.248. The number of rotatable bonds is 5. The lowest BCUT2D eigenvalue weighted by Crippen LogP contribution is -2.14. The number of nitrogens with zero attached hydrogens (tertiary/aromatic N) is 2. The molecule has 0 heterocycles. The van der Waals surface area contributed by atoms with Gasteiger partial charge in [0.1, 0.15) is 5.71 Å². The average molecular weight is 295 g/mol. The van der Waals surface area contributed by atoms with E-state index in [0.29, 0.717) is 4.91 Å². The van der Waals surface area contributed by atoms with Crippen LogP contribution < -0.4 is 0 Å². The third kappa shape index (κ3) is 5.25. The summed E-state index contributed by atoms with van der Waals surface area (Å²) in [5.41, 5.74) is 3.77. The van der Waals surface area contributed by atoms with Crippen LogP contribution in [0.3, 0.4) is 0 Å². The van der Waals surface area contributed by atoms with E-state index in [1.807, 2.05) is 51.6 Å². The van der Waals surface area contributed by atoms with E-state index in [0.717, 1.165) is 27.5 Å². The largest absolute Gasteiger partial charge is 0.213 e. The third-order valence-electron chi connectivity index (χ3n) is 2.76. The number of hydrogen-bond donors (Lipinski definition) is 2. The summed E-state index contributed by atoms with van der Waals surface area (Å²) >= 11 is 8.56. The van der Waals surface area contributed by atoms with Gasteiger partial charge in [0.25, 0.3) is 0 Å². The maximum absolute atomic E-state index is 4.54. The fourth-order valence-corrected chi connectivity index (χ4v) is 2.28. The summed E-state index contributed by atoms with van der Waals surface area (Å²) in [6.07, 6.45) is 3.92. The highest BCUT2D eigenvalue weighted by atomic mass is 32.1. The standard InChI is InChI=1S/C15H22N2S2/c1-8-14(12(5)18)10(3)16-17(7)11(4)15(9-2)13(6)19/h8-9H,5-6H2,1-4,7H3,(H-,18,19)/p+1/b14-8-,15-9-,16-10+,17-11+. The highest BCUT2D eigenvalue weighted by molar-refractivity contribution is 7.85. The van der Waals surface area contributed by atoms with Crippen molar-refractivity contribution in [3.05, 3.63) is 46.3 Å². The topological polar surface area (TPSA) is 15.4 Å². The van der Waals surface area contributed by atoms with Crippen LogP contribution >= 0.6 is 25.3 Å². The van der Waals surface area contributed by atoms with Gasteiger partial charge in [-0.3, -0.25) is 0 Å². The van der Waals surface area contributed by atoms with Crippen molar-refractivity contribution in [2.45, 2.75) is 27.7 Å². The molecular formula is C15H23N2S2+. The maximum Gasteiger partial charge on any atom is 0.213 e. The zero-order valence-electron chi connectivity index (χ0n) is 12.4. The molecule has 0 amide bonds. The number of thiol groups is 2. The van der Waals surface area contributed by atoms with Gasteiger partial charge in [-0.15, -0.1) is 25.3 Å². The molecule has 104 valence electrons. The van der Waals surface area contributed by atoms with Gasteiger partial charge in [-0.25, -0.2) is 0 Å². The minimum Gasteiger partial charge on any atom is -0.143 e. The molecule has 0 saturated carbocycles. The fourth-order valence-electron chi connectivity index (χ4n) is 1.70. The molecule has 0 saturated heterocycles. The van der Waals surface area contributed by atoms with Crippen molar-refractivity contribution in [2.24, 2.45) is 5.10 Å². The summed E-state index contributed by atoms with van der Waals surface area (Å²) in [6, 6.07) is 0. The molecule has 0 aromatic heterocycles. The zero-order chi connectivity index (χ0) is 15.2. The normalized spacial score (nSPS) is 15.2. The maximum atomic E-state index is 4.54. The van der Waals surface area contributed by atoms with E-state index in [1.54, 1.807) is 0 Å². The van der Waals surface area contributed by atoms with E-state index in [1.165, 1.54) is 0 Å². The van der Waals surface area contributed by atoms with Gasteiger partial charge in [0.2, 0.25) is 5.71 Å². The first-order valence-corrected chi connectivity index (χ1v) is 6.88. The smallest absolute Gasteiger partial charge is 0.143 e. The highest BCUT2D eigenvalue weighted by Gasteiger charge is 2.13. The van der Waals surface area contributed by atoms with E-state index in [-0.39, 0.29) is 0 Å². The molecule has 19 heavy (non-hydrogen) atoms. The van der Waals surface area contributed by atoms with Crippen LogP contribution in [-0.4, -0.2) is 23.2 Å². The lowest BCUT2D eigenvalue weighted by molar-refractivity contribution is -0.502. The highest BCUT2D eigenvalue weighted by Crippen LogP contribution is 2.15. The predicted octanol–water partition coefficient (Wildman–Crippen LogP) is 4.25. The predicted molar refractivity (Wildman–Crippen MR) is 93.7 cm³/mol. The van der Waals surface area contributed by atoms with Gasteiger partial charge in [-0.05, 0) is 25.9 Å². The molecule has 0 bridgehead atoms. The Hall–Kier alpha value is -1.000. The molecule has 0 rings (SSSR count). The van der Waals surface area contributed by atoms with Crippen molar-refractivity contribution in [3.8, 4) is 0 Å². The Labute approximate surface area is 127 Å². The van der Waals surface area contributed by atoms with E-state index in [2.05, 4.69) is 43.5 Å².